The van der Waals surface area contributed by atoms with Crippen LogP contribution in [0.25, 0.3) is 0 Å². The largest absolute Gasteiger partial charge is 0.316 e. The van der Waals surface area contributed by atoms with Crippen LogP contribution in [0.2, 0.25) is 5.02 Å². The van der Waals surface area contributed by atoms with Crippen LogP contribution in [-0.4, -0.2) is 31.9 Å². The van der Waals surface area contributed by atoms with Gasteiger partial charge in [0.1, 0.15) is 0 Å². The molecule has 1 aromatic carbocycles. The molecule has 0 amide bonds. The van der Waals surface area contributed by atoms with Gasteiger partial charge in [-0.3, -0.25) is 0 Å². The van der Waals surface area contributed by atoms with Gasteiger partial charge in [-0.15, -0.1) is 0 Å². The molecular formula is C15H23ClN2O2S. The van der Waals surface area contributed by atoms with Crippen molar-refractivity contribution in [2.45, 2.75) is 56.6 Å². The van der Waals surface area contributed by atoms with E-state index in [1.807, 2.05) is 20.9 Å². The van der Waals surface area contributed by atoms with E-state index in [4.69, 9.17) is 11.6 Å². The van der Waals surface area contributed by atoms with Gasteiger partial charge in [0.25, 0.3) is 0 Å². The summed E-state index contributed by atoms with van der Waals surface area (Å²) in [7, 11) is -1.65. The lowest BCUT2D eigenvalue weighted by atomic mass is 10.0. The zero-order chi connectivity index (χ0) is 15.6. The first-order valence-electron chi connectivity index (χ1n) is 7.34. The Hall–Kier alpha value is -0.620. The zero-order valence-electron chi connectivity index (χ0n) is 12.8. The van der Waals surface area contributed by atoms with Crippen molar-refractivity contribution in [3.63, 3.8) is 0 Å². The quantitative estimate of drug-likeness (QED) is 0.923. The molecular weight excluding hydrogens is 308 g/mol. The van der Waals surface area contributed by atoms with Gasteiger partial charge in [0.2, 0.25) is 10.0 Å². The van der Waals surface area contributed by atoms with Gasteiger partial charge < -0.3 is 5.32 Å². The summed E-state index contributed by atoms with van der Waals surface area (Å²) in [6.07, 6.45) is 2.90. The molecule has 21 heavy (non-hydrogen) atoms. The summed E-state index contributed by atoms with van der Waals surface area (Å²) in [6.45, 7) is 4.57. The second kappa shape index (κ2) is 6.65. The predicted octanol–water partition coefficient (Wildman–Crippen LogP) is 3.01. The summed E-state index contributed by atoms with van der Waals surface area (Å²) < 4.78 is 27.4. The molecule has 0 saturated carbocycles. The van der Waals surface area contributed by atoms with Crippen molar-refractivity contribution in [2.75, 3.05) is 7.05 Å². The van der Waals surface area contributed by atoms with Crippen molar-refractivity contribution in [3.05, 3.63) is 28.8 Å². The lowest BCUT2D eigenvalue weighted by Crippen LogP contribution is -2.47. The molecule has 2 atom stereocenters. The Bertz CT molecular complexity index is 594. The molecule has 6 heteroatoms. The number of nitrogens with one attached hydrogen (secondary N) is 1. The fourth-order valence-corrected chi connectivity index (χ4v) is 5.24. The molecule has 1 aromatic rings. The van der Waals surface area contributed by atoms with Crippen LogP contribution >= 0.6 is 11.6 Å². The van der Waals surface area contributed by atoms with Crippen LogP contribution in [0.15, 0.2) is 23.1 Å². The van der Waals surface area contributed by atoms with E-state index >= 15 is 0 Å². The molecule has 1 N–H and O–H groups in total. The van der Waals surface area contributed by atoms with Crippen molar-refractivity contribution in [3.8, 4) is 0 Å². The summed E-state index contributed by atoms with van der Waals surface area (Å²) in [4.78, 5) is 0.285. The van der Waals surface area contributed by atoms with Gasteiger partial charge in [-0.1, -0.05) is 24.1 Å². The molecule has 1 aliphatic heterocycles. The molecule has 0 aliphatic carbocycles. The SMILES string of the molecule is CNCc1ccc(S(=O)(=O)N2[C@H](C)CCC[C@@H]2C)cc1Cl. The number of piperidine rings is 1. The molecule has 1 fully saturated rings. The molecule has 0 spiro atoms. The zero-order valence-corrected chi connectivity index (χ0v) is 14.3. The van der Waals surface area contributed by atoms with Crippen LogP contribution in [0, 0.1) is 0 Å². The number of nitrogens with zero attached hydrogens (tertiary/aromatic N) is 1. The summed E-state index contributed by atoms with van der Waals surface area (Å²) in [5.74, 6) is 0. The topological polar surface area (TPSA) is 49.4 Å². The molecule has 4 nitrogen and oxygen atoms in total. The second-order valence-corrected chi connectivity index (χ2v) is 8.00. The fourth-order valence-electron chi connectivity index (χ4n) is 3.02. The number of sulfonamides is 1. The minimum Gasteiger partial charge on any atom is -0.316 e. The number of halogens is 1. The Morgan fingerprint density at radius 2 is 1.90 bits per heavy atom. The first kappa shape index (κ1) is 16.7. The van der Waals surface area contributed by atoms with E-state index in [9.17, 15) is 8.42 Å². The third-order valence-corrected chi connectivity index (χ3v) is 6.56. The molecule has 1 saturated heterocycles. The molecule has 1 heterocycles. The highest BCUT2D eigenvalue weighted by Gasteiger charge is 2.35. The normalized spacial score (nSPS) is 24.2. The van der Waals surface area contributed by atoms with E-state index < -0.39 is 10.0 Å². The van der Waals surface area contributed by atoms with Crippen molar-refractivity contribution in [1.82, 2.24) is 9.62 Å². The number of hydrogen-bond acceptors (Lipinski definition) is 3. The summed E-state index contributed by atoms with van der Waals surface area (Å²) in [5.41, 5.74) is 0.901. The number of rotatable bonds is 4. The van der Waals surface area contributed by atoms with Crippen LogP contribution in [0.3, 0.4) is 0 Å². The van der Waals surface area contributed by atoms with Crippen molar-refractivity contribution >= 4 is 21.6 Å². The molecule has 118 valence electrons. The third-order valence-electron chi connectivity index (χ3n) is 4.08. The monoisotopic (exact) mass is 330 g/mol. The van der Waals surface area contributed by atoms with Crippen LogP contribution < -0.4 is 5.32 Å². The highest BCUT2D eigenvalue weighted by atomic mass is 35.5. The average Bonchev–Trinajstić information content (AvgIpc) is 2.40. The molecule has 2 rings (SSSR count). The second-order valence-electron chi connectivity index (χ2n) is 5.75. The van der Waals surface area contributed by atoms with E-state index in [0.717, 1.165) is 24.8 Å². The molecule has 0 aromatic heterocycles. The van der Waals surface area contributed by atoms with Gasteiger partial charge in [-0.05, 0) is 51.4 Å². The molecule has 0 radical (unpaired) electrons. The minimum atomic E-state index is -3.49. The molecule has 1 aliphatic rings. The first-order valence-corrected chi connectivity index (χ1v) is 9.16. The Balaban J connectivity index is 2.37. The minimum absolute atomic E-state index is 0.0366. The van der Waals surface area contributed by atoms with Gasteiger partial charge in [0.05, 0.1) is 4.90 Å². The van der Waals surface area contributed by atoms with Gasteiger partial charge >= 0.3 is 0 Å². The standard InChI is InChI=1S/C15H23ClN2O2S/c1-11-5-4-6-12(2)18(11)21(19,20)14-8-7-13(10-17-3)15(16)9-14/h7-9,11-12,17H,4-6,10H2,1-3H3/t11-,12+. The maximum Gasteiger partial charge on any atom is 0.243 e. The predicted molar refractivity (Wildman–Crippen MR) is 86.0 cm³/mol. The maximum absolute atomic E-state index is 12.9. The summed E-state index contributed by atoms with van der Waals surface area (Å²) >= 11 is 6.20. The van der Waals surface area contributed by atoms with E-state index in [0.29, 0.717) is 11.6 Å². The Labute approximate surface area is 132 Å². The highest BCUT2D eigenvalue weighted by Crippen LogP contribution is 2.31. The van der Waals surface area contributed by atoms with Crippen molar-refractivity contribution in [1.29, 1.82) is 0 Å². The Morgan fingerprint density at radius 3 is 2.43 bits per heavy atom. The highest BCUT2D eigenvalue weighted by molar-refractivity contribution is 7.89. The summed E-state index contributed by atoms with van der Waals surface area (Å²) in [6, 6.07) is 5.08. The smallest absolute Gasteiger partial charge is 0.243 e. The van der Waals surface area contributed by atoms with Crippen molar-refractivity contribution in [2.24, 2.45) is 0 Å². The van der Waals surface area contributed by atoms with Crippen LogP contribution in [0.4, 0.5) is 0 Å². The molecule has 0 unspecified atom stereocenters. The van der Waals surface area contributed by atoms with Gasteiger partial charge in [-0.25, -0.2) is 8.42 Å². The maximum atomic E-state index is 12.9. The van der Waals surface area contributed by atoms with Gasteiger partial charge in [0.15, 0.2) is 0 Å². The van der Waals surface area contributed by atoms with Gasteiger partial charge in [-0.2, -0.15) is 4.31 Å². The third kappa shape index (κ3) is 3.42. The lowest BCUT2D eigenvalue weighted by Gasteiger charge is -2.37. The van der Waals surface area contributed by atoms with Crippen LogP contribution in [0.1, 0.15) is 38.7 Å². The van der Waals surface area contributed by atoms with Crippen LogP contribution in [-0.2, 0) is 16.6 Å². The first-order chi connectivity index (χ1) is 9.87. The van der Waals surface area contributed by atoms with E-state index in [-0.39, 0.29) is 17.0 Å². The fraction of sp³-hybridized carbons (Fsp3) is 0.600. The number of benzene rings is 1. The van der Waals surface area contributed by atoms with Gasteiger partial charge in [0, 0.05) is 23.7 Å². The summed E-state index contributed by atoms with van der Waals surface area (Å²) in [5, 5.41) is 3.50. The number of hydrogen-bond donors (Lipinski definition) is 1. The van der Waals surface area contributed by atoms with E-state index in [2.05, 4.69) is 5.32 Å². The van der Waals surface area contributed by atoms with E-state index in [1.165, 1.54) is 0 Å². The Morgan fingerprint density at radius 1 is 1.29 bits per heavy atom. The lowest BCUT2D eigenvalue weighted by molar-refractivity contribution is 0.204. The van der Waals surface area contributed by atoms with Crippen LogP contribution in [0.5, 0.6) is 0 Å². The van der Waals surface area contributed by atoms with E-state index in [1.54, 1.807) is 22.5 Å². The van der Waals surface area contributed by atoms with Crippen molar-refractivity contribution < 1.29 is 8.42 Å². The molecule has 0 bridgehead atoms. The average molecular weight is 331 g/mol. The Kier molecular flexibility index (Phi) is 5.30.